The lowest BCUT2D eigenvalue weighted by Gasteiger charge is -2.27. The van der Waals surface area contributed by atoms with Crippen molar-refractivity contribution in [3.63, 3.8) is 0 Å². The molecule has 2 heterocycles. The summed E-state index contributed by atoms with van der Waals surface area (Å²) in [4.78, 5) is 26.8. The van der Waals surface area contributed by atoms with Gasteiger partial charge in [-0.05, 0) is 61.1 Å². The summed E-state index contributed by atoms with van der Waals surface area (Å²) in [7, 11) is 5.53. The number of hydrogen-bond donors (Lipinski definition) is 0. The molecule has 1 fully saturated rings. The van der Waals surface area contributed by atoms with E-state index in [2.05, 4.69) is 37.0 Å². The van der Waals surface area contributed by atoms with Crippen LogP contribution >= 0.6 is 0 Å². The largest absolute Gasteiger partial charge is 0.497 e. The van der Waals surface area contributed by atoms with Crippen molar-refractivity contribution in [1.29, 1.82) is 0 Å². The average molecular weight is 445 g/mol. The molecule has 33 heavy (non-hydrogen) atoms. The smallest absolute Gasteiger partial charge is 0.227 e. The Kier molecular flexibility index (Phi) is 6.63. The fourth-order valence-electron chi connectivity index (χ4n) is 4.41. The van der Waals surface area contributed by atoms with Crippen LogP contribution in [0.15, 0.2) is 48.7 Å². The first-order valence-corrected chi connectivity index (χ1v) is 11.4. The van der Waals surface area contributed by atoms with Crippen LogP contribution in [-0.2, 0) is 11.2 Å². The minimum Gasteiger partial charge on any atom is -0.497 e. The molecule has 1 saturated heterocycles. The SMILES string of the molecule is COc1cccc(-c2cnc(N(C)C)nc2[C@H]2CCCN2C(=O)Cc2ccc(C)c(C)c2)c1. The Bertz CT molecular complexity index is 1160. The van der Waals surface area contributed by atoms with Crippen LogP contribution in [0.5, 0.6) is 5.75 Å². The van der Waals surface area contributed by atoms with Gasteiger partial charge in [-0.25, -0.2) is 9.97 Å². The van der Waals surface area contributed by atoms with Crippen molar-refractivity contribution in [3.05, 3.63) is 71.0 Å². The number of aromatic nitrogens is 2. The van der Waals surface area contributed by atoms with Crippen molar-refractivity contribution in [3.8, 4) is 16.9 Å². The predicted molar refractivity (Wildman–Crippen MR) is 132 cm³/mol. The minimum absolute atomic E-state index is 0.0769. The Morgan fingerprint density at radius 1 is 1.15 bits per heavy atom. The van der Waals surface area contributed by atoms with Crippen LogP contribution in [0.25, 0.3) is 11.1 Å². The number of carbonyl (C=O) groups excluding carboxylic acids is 1. The molecule has 0 spiro atoms. The highest BCUT2D eigenvalue weighted by Gasteiger charge is 2.33. The summed E-state index contributed by atoms with van der Waals surface area (Å²) < 4.78 is 5.43. The Balaban J connectivity index is 1.70. The Labute approximate surface area is 196 Å². The third-order valence-electron chi connectivity index (χ3n) is 6.40. The molecule has 6 nitrogen and oxygen atoms in total. The molecule has 0 radical (unpaired) electrons. The molecule has 6 heteroatoms. The lowest BCUT2D eigenvalue weighted by molar-refractivity contribution is -0.131. The van der Waals surface area contributed by atoms with Crippen molar-refractivity contribution in [2.45, 2.75) is 39.2 Å². The first-order valence-electron chi connectivity index (χ1n) is 11.4. The monoisotopic (exact) mass is 444 g/mol. The first-order chi connectivity index (χ1) is 15.9. The van der Waals surface area contributed by atoms with E-state index >= 15 is 0 Å². The van der Waals surface area contributed by atoms with E-state index in [0.717, 1.165) is 47.5 Å². The molecule has 4 rings (SSSR count). The molecule has 0 bridgehead atoms. The van der Waals surface area contributed by atoms with E-state index in [1.165, 1.54) is 11.1 Å². The molecule has 1 aliphatic rings. The molecule has 2 aromatic carbocycles. The zero-order valence-electron chi connectivity index (χ0n) is 20.1. The Morgan fingerprint density at radius 3 is 2.70 bits per heavy atom. The zero-order valence-corrected chi connectivity index (χ0v) is 20.1. The fourth-order valence-corrected chi connectivity index (χ4v) is 4.41. The summed E-state index contributed by atoms with van der Waals surface area (Å²) in [5.74, 6) is 1.57. The molecular formula is C27H32N4O2. The standard InChI is InChI=1S/C27H32N4O2/c1-18-11-12-20(14-19(18)2)15-25(32)31-13-7-10-24(31)26-23(17-28-27(29-26)30(3)4)21-8-6-9-22(16-21)33-5/h6,8-9,11-12,14,16-17,24H,7,10,13,15H2,1-5H3/t24-/m1/s1. The molecule has 0 unspecified atom stereocenters. The number of likely N-dealkylation sites (tertiary alicyclic amines) is 1. The van der Waals surface area contributed by atoms with Crippen LogP contribution in [0.3, 0.4) is 0 Å². The van der Waals surface area contributed by atoms with Gasteiger partial charge >= 0.3 is 0 Å². The molecule has 1 aromatic heterocycles. The molecule has 1 aliphatic heterocycles. The van der Waals surface area contributed by atoms with Gasteiger partial charge in [0, 0.05) is 32.4 Å². The predicted octanol–water partition coefficient (Wildman–Crippen LogP) is 4.74. The van der Waals surface area contributed by atoms with Crippen LogP contribution in [0.4, 0.5) is 5.95 Å². The summed E-state index contributed by atoms with van der Waals surface area (Å²) in [6.45, 7) is 4.92. The number of ether oxygens (including phenoxy) is 1. The third-order valence-corrected chi connectivity index (χ3v) is 6.40. The number of carbonyl (C=O) groups is 1. The van der Waals surface area contributed by atoms with Crippen LogP contribution in [0, 0.1) is 13.8 Å². The van der Waals surface area contributed by atoms with Crippen molar-refractivity contribution >= 4 is 11.9 Å². The molecule has 0 aliphatic carbocycles. The van der Waals surface area contributed by atoms with Crippen molar-refractivity contribution in [2.75, 3.05) is 32.6 Å². The summed E-state index contributed by atoms with van der Waals surface area (Å²) >= 11 is 0. The lowest BCUT2D eigenvalue weighted by Crippen LogP contribution is -2.33. The molecule has 172 valence electrons. The zero-order chi connectivity index (χ0) is 23.5. The van der Waals surface area contributed by atoms with E-state index < -0.39 is 0 Å². The first kappa shape index (κ1) is 22.8. The highest BCUT2D eigenvalue weighted by atomic mass is 16.5. The highest BCUT2D eigenvalue weighted by Crippen LogP contribution is 2.38. The van der Waals surface area contributed by atoms with Gasteiger partial charge in [-0.1, -0.05) is 30.3 Å². The highest BCUT2D eigenvalue weighted by molar-refractivity contribution is 5.80. The maximum Gasteiger partial charge on any atom is 0.227 e. The minimum atomic E-state index is -0.0769. The van der Waals surface area contributed by atoms with Crippen LogP contribution in [-0.4, -0.2) is 48.5 Å². The normalized spacial score (nSPS) is 15.5. The third kappa shape index (κ3) is 4.85. The van der Waals surface area contributed by atoms with Crippen molar-refractivity contribution < 1.29 is 9.53 Å². The molecule has 1 atom stereocenters. The van der Waals surface area contributed by atoms with Crippen LogP contribution in [0.2, 0.25) is 0 Å². The number of methoxy groups -OCH3 is 1. The van der Waals surface area contributed by atoms with E-state index in [1.807, 2.05) is 54.4 Å². The van der Waals surface area contributed by atoms with Gasteiger partial charge < -0.3 is 14.5 Å². The summed E-state index contributed by atoms with van der Waals surface area (Å²) in [5.41, 5.74) is 6.33. The summed E-state index contributed by atoms with van der Waals surface area (Å²) in [6.07, 6.45) is 4.12. The van der Waals surface area contributed by atoms with Gasteiger partial charge in [0.2, 0.25) is 11.9 Å². The number of amides is 1. The molecule has 0 saturated carbocycles. The van der Waals surface area contributed by atoms with Gasteiger partial charge in [0.05, 0.1) is 25.3 Å². The Morgan fingerprint density at radius 2 is 1.97 bits per heavy atom. The average Bonchev–Trinajstić information content (AvgIpc) is 3.31. The number of anilines is 1. The van der Waals surface area contributed by atoms with Crippen LogP contribution < -0.4 is 9.64 Å². The topological polar surface area (TPSA) is 58.6 Å². The summed E-state index contributed by atoms with van der Waals surface area (Å²) in [5, 5.41) is 0. The second-order valence-electron chi connectivity index (χ2n) is 8.94. The van der Waals surface area contributed by atoms with E-state index in [1.54, 1.807) is 7.11 Å². The Hall–Kier alpha value is -3.41. The maximum absolute atomic E-state index is 13.4. The van der Waals surface area contributed by atoms with Gasteiger partial charge in [-0.2, -0.15) is 0 Å². The van der Waals surface area contributed by atoms with Gasteiger partial charge in [-0.3, -0.25) is 4.79 Å². The number of hydrogen-bond acceptors (Lipinski definition) is 5. The van der Waals surface area contributed by atoms with Gasteiger partial charge in [0.1, 0.15) is 5.75 Å². The van der Waals surface area contributed by atoms with Gasteiger partial charge in [-0.15, -0.1) is 0 Å². The van der Waals surface area contributed by atoms with Gasteiger partial charge in [0.25, 0.3) is 0 Å². The molecular weight excluding hydrogens is 412 g/mol. The van der Waals surface area contributed by atoms with Crippen LogP contribution in [0.1, 0.15) is 41.3 Å². The molecule has 3 aromatic rings. The maximum atomic E-state index is 13.4. The fraction of sp³-hybridized carbons (Fsp3) is 0.370. The second kappa shape index (κ2) is 9.61. The number of benzene rings is 2. The van der Waals surface area contributed by atoms with Crippen molar-refractivity contribution in [2.24, 2.45) is 0 Å². The van der Waals surface area contributed by atoms with E-state index in [-0.39, 0.29) is 11.9 Å². The number of aryl methyl sites for hydroxylation is 2. The lowest BCUT2D eigenvalue weighted by atomic mass is 9.99. The quantitative estimate of drug-likeness (QED) is 0.550. The van der Waals surface area contributed by atoms with Gasteiger partial charge in [0.15, 0.2) is 0 Å². The van der Waals surface area contributed by atoms with E-state index in [4.69, 9.17) is 9.72 Å². The number of nitrogens with zero attached hydrogens (tertiary/aromatic N) is 4. The number of rotatable bonds is 6. The summed E-state index contributed by atoms with van der Waals surface area (Å²) in [6, 6.07) is 14.1. The van der Waals surface area contributed by atoms with E-state index in [9.17, 15) is 4.79 Å². The molecule has 0 N–H and O–H groups in total. The second-order valence-corrected chi connectivity index (χ2v) is 8.94. The molecule has 1 amide bonds. The van der Waals surface area contributed by atoms with E-state index in [0.29, 0.717) is 12.4 Å². The van der Waals surface area contributed by atoms with Crippen molar-refractivity contribution in [1.82, 2.24) is 14.9 Å².